The van der Waals surface area contributed by atoms with Crippen molar-refractivity contribution in [3.63, 3.8) is 0 Å². The molecule has 0 radical (unpaired) electrons. The van der Waals surface area contributed by atoms with Gasteiger partial charge in [0.2, 0.25) is 11.8 Å². The summed E-state index contributed by atoms with van der Waals surface area (Å²) in [5.74, 6) is -1.33. The van der Waals surface area contributed by atoms with Crippen LogP contribution in [-0.4, -0.2) is 63.9 Å². The lowest BCUT2D eigenvalue weighted by atomic mass is 9.95. The number of benzene rings is 1. The van der Waals surface area contributed by atoms with Crippen molar-refractivity contribution in [3.05, 3.63) is 29.8 Å². The van der Waals surface area contributed by atoms with Gasteiger partial charge in [0, 0.05) is 11.9 Å². The number of rotatable bonds is 6. The third-order valence-electron chi connectivity index (χ3n) is 4.82. The summed E-state index contributed by atoms with van der Waals surface area (Å²) < 4.78 is 9.21. The maximum absolute atomic E-state index is 12.6. The van der Waals surface area contributed by atoms with Gasteiger partial charge in [-0.05, 0) is 31.5 Å². The van der Waals surface area contributed by atoms with Crippen molar-refractivity contribution in [1.29, 1.82) is 0 Å². The van der Waals surface area contributed by atoms with Crippen LogP contribution >= 0.6 is 11.8 Å². The van der Waals surface area contributed by atoms with Crippen molar-refractivity contribution in [1.82, 2.24) is 10.2 Å². The Morgan fingerprint density at radius 1 is 1.36 bits per heavy atom. The van der Waals surface area contributed by atoms with E-state index >= 15 is 0 Å². The van der Waals surface area contributed by atoms with E-state index in [4.69, 9.17) is 15.2 Å². The number of nitrogens with two attached hydrogens (primary N) is 1. The van der Waals surface area contributed by atoms with Gasteiger partial charge in [-0.25, -0.2) is 4.79 Å². The topological polar surface area (TPSA) is 131 Å². The monoisotopic (exact) mass is 409 g/mol. The van der Waals surface area contributed by atoms with E-state index in [9.17, 15) is 19.5 Å². The number of β-lactam (4-membered cyclic amide) rings is 1. The highest BCUT2D eigenvalue weighted by Crippen LogP contribution is 2.51. The first kappa shape index (κ1) is 20.4. The van der Waals surface area contributed by atoms with E-state index < -0.39 is 34.7 Å². The van der Waals surface area contributed by atoms with Crippen molar-refractivity contribution in [2.45, 2.75) is 42.1 Å². The van der Waals surface area contributed by atoms with E-state index in [-0.39, 0.29) is 23.8 Å². The Labute approximate surface area is 166 Å². The number of phenols is 1. The highest BCUT2D eigenvalue weighted by Gasteiger charge is 2.64. The Morgan fingerprint density at radius 2 is 2.00 bits per heavy atom. The molecule has 0 bridgehead atoms. The van der Waals surface area contributed by atoms with Gasteiger partial charge in [-0.15, -0.1) is 11.8 Å². The number of amides is 2. The summed E-state index contributed by atoms with van der Waals surface area (Å²) in [7, 11) is 1.41. The Balaban J connectivity index is 1.68. The van der Waals surface area contributed by atoms with E-state index in [0.29, 0.717) is 5.56 Å². The number of ether oxygens (including phenoxy) is 2. The molecular formula is C18H23N3O6S. The van der Waals surface area contributed by atoms with Gasteiger partial charge >= 0.3 is 5.97 Å². The summed E-state index contributed by atoms with van der Waals surface area (Å²) in [4.78, 5) is 39.0. The summed E-state index contributed by atoms with van der Waals surface area (Å²) in [5.41, 5.74) is 6.48. The molecule has 9 nitrogen and oxygen atoms in total. The third-order valence-corrected chi connectivity index (χ3v) is 6.39. The zero-order valence-corrected chi connectivity index (χ0v) is 16.6. The van der Waals surface area contributed by atoms with Crippen LogP contribution < -0.4 is 11.1 Å². The number of methoxy groups -OCH3 is 1. The number of nitrogens with zero attached hydrogens (tertiary/aromatic N) is 1. The summed E-state index contributed by atoms with van der Waals surface area (Å²) >= 11 is 1.43. The predicted molar refractivity (Wildman–Crippen MR) is 101 cm³/mol. The lowest BCUT2D eigenvalue weighted by Crippen LogP contribution is -2.71. The van der Waals surface area contributed by atoms with E-state index in [2.05, 4.69) is 5.32 Å². The minimum absolute atomic E-state index is 0.0668. The summed E-state index contributed by atoms with van der Waals surface area (Å²) in [6, 6.07) is 3.45. The number of carbonyl (C=O) groups is 3. The van der Waals surface area contributed by atoms with Gasteiger partial charge in [0.15, 0.2) is 6.79 Å². The highest BCUT2D eigenvalue weighted by molar-refractivity contribution is 8.01. The van der Waals surface area contributed by atoms with Gasteiger partial charge in [-0.2, -0.15) is 0 Å². The van der Waals surface area contributed by atoms with E-state index in [1.807, 2.05) is 13.8 Å². The normalized spacial score (nSPS) is 26.2. The first-order chi connectivity index (χ1) is 13.2. The van der Waals surface area contributed by atoms with Crippen molar-refractivity contribution in [3.8, 4) is 5.75 Å². The maximum Gasteiger partial charge on any atom is 0.332 e. The molecule has 4 N–H and O–H groups in total. The fourth-order valence-corrected chi connectivity index (χ4v) is 5.02. The van der Waals surface area contributed by atoms with Gasteiger partial charge in [-0.1, -0.05) is 12.1 Å². The molecule has 28 heavy (non-hydrogen) atoms. The molecule has 0 aromatic heterocycles. The molecule has 2 amide bonds. The first-order valence-electron chi connectivity index (χ1n) is 8.68. The van der Waals surface area contributed by atoms with Crippen LogP contribution in [0.4, 0.5) is 0 Å². The first-order valence-corrected chi connectivity index (χ1v) is 9.56. The average Bonchev–Trinajstić information content (AvgIpc) is 2.92. The minimum atomic E-state index is -0.982. The molecule has 0 spiro atoms. The van der Waals surface area contributed by atoms with Crippen LogP contribution in [0.3, 0.4) is 0 Å². The van der Waals surface area contributed by atoms with Gasteiger partial charge in [-0.3, -0.25) is 9.59 Å². The zero-order valence-electron chi connectivity index (χ0n) is 15.7. The number of nitrogens with one attached hydrogen (secondary N) is 1. The third kappa shape index (κ3) is 3.54. The van der Waals surface area contributed by atoms with Crippen molar-refractivity contribution < 1.29 is 29.0 Å². The Morgan fingerprint density at radius 3 is 2.61 bits per heavy atom. The quantitative estimate of drug-likeness (QED) is 0.342. The number of aromatic hydroxyl groups is 1. The van der Waals surface area contributed by atoms with Gasteiger partial charge in [0.05, 0.1) is 0 Å². The van der Waals surface area contributed by atoms with E-state index in [1.165, 1.54) is 35.9 Å². The van der Waals surface area contributed by atoms with Crippen LogP contribution in [0.1, 0.15) is 25.5 Å². The van der Waals surface area contributed by atoms with Crippen LogP contribution in [0.15, 0.2) is 24.3 Å². The zero-order chi connectivity index (χ0) is 20.6. The average molecular weight is 409 g/mol. The van der Waals surface area contributed by atoms with Gasteiger partial charge in [0.25, 0.3) is 0 Å². The number of hydrogen-bond donors (Lipinski definition) is 3. The molecule has 4 atom stereocenters. The number of fused-ring (bicyclic) bond motifs is 1. The summed E-state index contributed by atoms with van der Waals surface area (Å²) in [5, 5.41) is 11.6. The molecule has 2 saturated heterocycles. The van der Waals surface area contributed by atoms with Crippen LogP contribution in [-0.2, 0) is 23.9 Å². The second kappa shape index (κ2) is 7.61. The number of thioether (sulfide) groups is 1. The molecule has 2 heterocycles. The van der Waals surface area contributed by atoms with Crippen LogP contribution in [0.5, 0.6) is 5.75 Å². The molecule has 1 aromatic rings. The Bertz CT molecular complexity index is 784. The molecule has 0 unspecified atom stereocenters. The lowest BCUT2D eigenvalue weighted by Gasteiger charge is -2.44. The maximum atomic E-state index is 12.6. The second-order valence-electron chi connectivity index (χ2n) is 7.19. The molecule has 0 aliphatic carbocycles. The van der Waals surface area contributed by atoms with Crippen molar-refractivity contribution in [2.24, 2.45) is 5.73 Å². The Kier molecular flexibility index (Phi) is 5.55. The molecule has 152 valence electrons. The number of phenolic OH excluding ortho intramolecular Hbond substituents is 1. The van der Waals surface area contributed by atoms with Gasteiger partial charge < -0.3 is 30.5 Å². The molecule has 2 aliphatic heterocycles. The molecule has 3 rings (SSSR count). The number of esters is 1. The molecule has 2 fully saturated rings. The van der Waals surface area contributed by atoms with Gasteiger partial charge in [0.1, 0.15) is 29.2 Å². The fraction of sp³-hybridized carbons (Fsp3) is 0.500. The smallest absolute Gasteiger partial charge is 0.332 e. The molecule has 0 saturated carbocycles. The van der Waals surface area contributed by atoms with Crippen LogP contribution in [0.25, 0.3) is 0 Å². The standard InChI is InChI=1S/C18H23N3O6S/c1-18(2)13(17(25)27-8-26-3)21-15(24)12(16(21)28-18)20-14(23)11(19)9-4-6-10(22)7-5-9/h4-7,11-13,16,22H,8,19H2,1-3H3,(H,20,23)/t11-,12-,13+,16-/m1/s1. The Hall–Kier alpha value is -2.30. The fourth-order valence-electron chi connectivity index (χ4n) is 3.40. The van der Waals surface area contributed by atoms with Crippen LogP contribution in [0.2, 0.25) is 0 Å². The second-order valence-corrected chi connectivity index (χ2v) is 8.96. The van der Waals surface area contributed by atoms with E-state index in [1.54, 1.807) is 12.1 Å². The molecule has 10 heteroatoms. The summed E-state index contributed by atoms with van der Waals surface area (Å²) in [6.07, 6.45) is 0. The number of hydrogen-bond acceptors (Lipinski definition) is 8. The van der Waals surface area contributed by atoms with Crippen molar-refractivity contribution >= 4 is 29.5 Å². The molecular weight excluding hydrogens is 386 g/mol. The SMILES string of the molecule is COCOC(=O)[C@@H]1N2C(=O)[C@@H](NC(=O)[C@H](N)c3ccc(O)cc3)[C@H]2SC1(C)C. The van der Waals surface area contributed by atoms with Crippen LogP contribution in [0, 0.1) is 0 Å². The van der Waals surface area contributed by atoms with E-state index in [0.717, 1.165) is 0 Å². The van der Waals surface area contributed by atoms with Crippen molar-refractivity contribution in [2.75, 3.05) is 13.9 Å². The predicted octanol–water partition coefficient (Wildman–Crippen LogP) is 0.0862. The molecule has 2 aliphatic rings. The minimum Gasteiger partial charge on any atom is -0.508 e. The summed E-state index contributed by atoms with van der Waals surface area (Å²) in [6.45, 7) is 3.51. The highest BCUT2D eigenvalue weighted by atomic mass is 32.2. The largest absolute Gasteiger partial charge is 0.508 e. The molecule has 1 aromatic carbocycles. The lowest BCUT2D eigenvalue weighted by molar-refractivity contribution is -0.170. The number of carbonyl (C=O) groups excluding carboxylic acids is 3.